The first kappa shape index (κ1) is 15.5. The van der Waals surface area contributed by atoms with Crippen LogP contribution in [-0.4, -0.2) is 40.5 Å². The van der Waals surface area contributed by atoms with Crippen molar-refractivity contribution in [1.82, 2.24) is 4.72 Å². The Balaban J connectivity index is 2.72. The zero-order chi connectivity index (χ0) is 14.7. The van der Waals surface area contributed by atoms with E-state index in [1.54, 1.807) is 0 Å². The Morgan fingerprint density at radius 1 is 1.26 bits per heavy atom. The van der Waals surface area contributed by atoms with Crippen LogP contribution in [0.25, 0.3) is 0 Å². The SMILES string of the molecule is CS(=O)(=O)NCCS(=O)(=O)Nc1cc(N)ccc1O. The highest BCUT2D eigenvalue weighted by atomic mass is 32.2. The number of nitrogens with two attached hydrogens (primary N) is 1. The van der Waals surface area contributed by atoms with Crippen LogP contribution in [0.5, 0.6) is 5.75 Å². The van der Waals surface area contributed by atoms with Crippen LogP contribution in [0.15, 0.2) is 18.2 Å². The number of hydrogen-bond acceptors (Lipinski definition) is 6. The Kier molecular flexibility index (Phi) is 4.61. The Morgan fingerprint density at radius 2 is 1.89 bits per heavy atom. The Hall–Kier alpha value is -1.52. The number of aromatic hydroxyl groups is 1. The zero-order valence-corrected chi connectivity index (χ0v) is 11.8. The number of phenols is 1. The molecule has 0 aliphatic carbocycles. The van der Waals surface area contributed by atoms with Gasteiger partial charge in [0.2, 0.25) is 20.0 Å². The van der Waals surface area contributed by atoms with Gasteiger partial charge in [0, 0.05) is 12.2 Å². The molecular formula is C9H15N3O5S2. The van der Waals surface area contributed by atoms with E-state index in [0.29, 0.717) is 0 Å². The predicted molar refractivity (Wildman–Crippen MR) is 72.8 cm³/mol. The summed E-state index contributed by atoms with van der Waals surface area (Å²) >= 11 is 0. The summed E-state index contributed by atoms with van der Waals surface area (Å²) in [7, 11) is -7.23. The van der Waals surface area contributed by atoms with E-state index in [0.717, 1.165) is 6.26 Å². The molecule has 0 amide bonds. The maximum Gasteiger partial charge on any atom is 0.234 e. The van der Waals surface area contributed by atoms with Crippen LogP contribution in [0.1, 0.15) is 0 Å². The van der Waals surface area contributed by atoms with Crippen LogP contribution < -0.4 is 15.2 Å². The van der Waals surface area contributed by atoms with E-state index in [1.807, 2.05) is 0 Å². The highest BCUT2D eigenvalue weighted by molar-refractivity contribution is 7.92. The predicted octanol–water partition coefficient (Wildman–Crippen LogP) is -0.735. The molecule has 0 spiro atoms. The van der Waals surface area contributed by atoms with E-state index >= 15 is 0 Å². The Morgan fingerprint density at radius 3 is 2.47 bits per heavy atom. The quantitative estimate of drug-likeness (QED) is 0.310. The molecule has 0 fully saturated rings. The average molecular weight is 309 g/mol. The van der Waals surface area contributed by atoms with Gasteiger partial charge in [-0.15, -0.1) is 0 Å². The van der Waals surface area contributed by atoms with E-state index < -0.39 is 25.8 Å². The van der Waals surface area contributed by atoms with Crippen LogP contribution in [0, 0.1) is 0 Å². The number of phenolic OH excluding ortho intramolecular Hbond substituents is 1. The lowest BCUT2D eigenvalue weighted by molar-refractivity contribution is 0.477. The third kappa shape index (κ3) is 5.77. The first-order chi connectivity index (χ1) is 8.59. The standard InChI is InChI=1S/C9H15N3O5S2/c1-18(14,15)11-4-5-19(16,17)12-8-6-7(10)2-3-9(8)13/h2-3,6,11-13H,4-5,10H2,1H3. The van der Waals surface area contributed by atoms with Gasteiger partial charge < -0.3 is 10.8 Å². The fraction of sp³-hybridized carbons (Fsp3) is 0.333. The minimum Gasteiger partial charge on any atom is -0.506 e. The normalized spacial score (nSPS) is 12.3. The van der Waals surface area contributed by atoms with Gasteiger partial charge in [0.05, 0.1) is 17.7 Å². The fourth-order valence-corrected chi connectivity index (χ4v) is 2.79. The molecule has 1 aromatic carbocycles. The lowest BCUT2D eigenvalue weighted by Crippen LogP contribution is -2.30. The minimum atomic E-state index is -3.79. The fourth-order valence-electron chi connectivity index (χ4n) is 1.22. The van der Waals surface area contributed by atoms with Crippen LogP contribution >= 0.6 is 0 Å². The van der Waals surface area contributed by atoms with Gasteiger partial charge in [-0.25, -0.2) is 21.6 Å². The van der Waals surface area contributed by atoms with Crippen molar-refractivity contribution in [2.24, 2.45) is 0 Å². The van der Waals surface area contributed by atoms with Gasteiger partial charge in [-0.2, -0.15) is 0 Å². The number of nitrogens with one attached hydrogen (secondary N) is 2. The molecule has 0 aliphatic rings. The van der Waals surface area contributed by atoms with Crippen molar-refractivity contribution in [2.45, 2.75) is 0 Å². The van der Waals surface area contributed by atoms with Crippen molar-refractivity contribution in [3.8, 4) is 5.75 Å². The maximum absolute atomic E-state index is 11.7. The molecule has 19 heavy (non-hydrogen) atoms. The molecule has 8 nitrogen and oxygen atoms in total. The lowest BCUT2D eigenvalue weighted by Gasteiger charge is -2.10. The second-order valence-electron chi connectivity index (χ2n) is 3.86. The van der Waals surface area contributed by atoms with Gasteiger partial charge in [0.15, 0.2) is 0 Å². The molecule has 5 N–H and O–H groups in total. The molecule has 0 atom stereocenters. The van der Waals surface area contributed by atoms with Crippen molar-refractivity contribution in [3.05, 3.63) is 18.2 Å². The van der Waals surface area contributed by atoms with Gasteiger partial charge >= 0.3 is 0 Å². The largest absolute Gasteiger partial charge is 0.506 e. The first-order valence-corrected chi connectivity index (χ1v) is 8.67. The number of anilines is 2. The Bertz CT molecular complexity index is 654. The molecule has 108 valence electrons. The van der Waals surface area contributed by atoms with E-state index in [1.165, 1.54) is 18.2 Å². The molecule has 0 saturated carbocycles. The summed E-state index contributed by atoms with van der Waals surface area (Å²) in [6, 6.07) is 3.93. The first-order valence-electron chi connectivity index (χ1n) is 5.13. The molecule has 0 aromatic heterocycles. The molecule has 0 radical (unpaired) electrons. The van der Waals surface area contributed by atoms with Crippen LogP contribution in [0.4, 0.5) is 11.4 Å². The molecule has 1 rings (SSSR count). The topological polar surface area (TPSA) is 139 Å². The molecule has 0 heterocycles. The Labute approximate surface area is 111 Å². The number of benzene rings is 1. The highest BCUT2D eigenvalue weighted by Crippen LogP contribution is 2.26. The monoisotopic (exact) mass is 309 g/mol. The second-order valence-corrected chi connectivity index (χ2v) is 7.54. The van der Waals surface area contributed by atoms with E-state index in [2.05, 4.69) is 9.44 Å². The summed E-state index contributed by atoms with van der Waals surface area (Å²) in [6.07, 6.45) is 0.927. The third-order valence-electron chi connectivity index (χ3n) is 2.02. The van der Waals surface area contributed by atoms with E-state index in [-0.39, 0.29) is 23.7 Å². The molecular weight excluding hydrogens is 294 g/mol. The van der Waals surface area contributed by atoms with Gasteiger partial charge in [0.25, 0.3) is 0 Å². The number of nitrogen functional groups attached to an aromatic ring is 1. The van der Waals surface area contributed by atoms with Gasteiger partial charge in [0.1, 0.15) is 5.75 Å². The summed E-state index contributed by atoms with van der Waals surface area (Å²) in [5.74, 6) is -0.734. The summed E-state index contributed by atoms with van der Waals surface area (Å²) in [6.45, 7) is -0.267. The van der Waals surface area contributed by atoms with Crippen molar-refractivity contribution in [2.75, 3.05) is 29.0 Å². The van der Waals surface area contributed by atoms with Crippen molar-refractivity contribution in [1.29, 1.82) is 0 Å². The van der Waals surface area contributed by atoms with Crippen molar-refractivity contribution >= 4 is 31.4 Å². The molecule has 0 aliphatic heterocycles. The number of sulfonamides is 2. The molecule has 10 heteroatoms. The summed E-state index contributed by atoms with van der Waals surface area (Å²) in [4.78, 5) is 0. The molecule has 0 unspecified atom stereocenters. The average Bonchev–Trinajstić information content (AvgIpc) is 2.20. The van der Waals surface area contributed by atoms with Crippen molar-refractivity contribution < 1.29 is 21.9 Å². The van der Waals surface area contributed by atoms with E-state index in [9.17, 15) is 21.9 Å². The van der Waals surface area contributed by atoms with Crippen LogP contribution in [0.3, 0.4) is 0 Å². The minimum absolute atomic E-state index is 0.0562. The smallest absolute Gasteiger partial charge is 0.234 e. The molecule has 1 aromatic rings. The number of rotatable bonds is 6. The van der Waals surface area contributed by atoms with Gasteiger partial charge in [-0.3, -0.25) is 4.72 Å². The highest BCUT2D eigenvalue weighted by Gasteiger charge is 2.14. The van der Waals surface area contributed by atoms with Crippen LogP contribution in [0.2, 0.25) is 0 Å². The maximum atomic E-state index is 11.7. The van der Waals surface area contributed by atoms with Gasteiger partial charge in [-0.05, 0) is 18.2 Å². The zero-order valence-electron chi connectivity index (χ0n) is 10.1. The third-order valence-corrected chi connectivity index (χ3v) is 4.02. The summed E-state index contributed by atoms with van der Waals surface area (Å²) in [5.41, 5.74) is 5.69. The molecule has 0 saturated heterocycles. The van der Waals surface area contributed by atoms with Crippen molar-refractivity contribution in [3.63, 3.8) is 0 Å². The van der Waals surface area contributed by atoms with Crippen LogP contribution in [-0.2, 0) is 20.0 Å². The summed E-state index contributed by atoms with van der Waals surface area (Å²) in [5, 5.41) is 9.46. The molecule has 0 bridgehead atoms. The van der Waals surface area contributed by atoms with E-state index in [4.69, 9.17) is 5.73 Å². The second kappa shape index (κ2) is 5.63. The lowest BCUT2D eigenvalue weighted by atomic mass is 10.3. The summed E-state index contributed by atoms with van der Waals surface area (Å²) < 4.78 is 49.1. The van der Waals surface area contributed by atoms with Gasteiger partial charge in [-0.1, -0.05) is 0 Å². The number of hydrogen-bond donors (Lipinski definition) is 4.